The number of carbonyl (C=O) groups excluding carboxylic acids is 1. The van der Waals surface area contributed by atoms with E-state index in [4.69, 9.17) is 9.47 Å². The Morgan fingerprint density at radius 3 is 2.93 bits per heavy atom. The Labute approximate surface area is 84.5 Å². The maximum absolute atomic E-state index is 10.8. The van der Waals surface area contributed by atoms with E-state index < -0.39 is 0 Å². The second-order valence-electron chi connectivity index (χ2n) is 3.39. The average molecular weight is 202 g/mol. The fourth-order valence-electron chi connectivity index (χ4n) is 1.45. The molecule has 1 rings (SSSR count). The summed E-state index contributed by atoms with van der Waals surface area (Å²) in [4.78, 5) is 10.8. The van der Waals surface area contributed by atoms with Gasteiger partial charge in [0.05, 0.1) is 33.0 Å². The molecule has 0 radical (unpaired) electrons. The summed E-state index contributed by atoms with van der Waals surface area (Å²) in [5.41, 5.74) is 0. The van der Waals surface area contributed by atoms with Crippen LogP contribution >= 0.6 is 0 Å². The third-order valence-electron chi connectivity index (χ3n) is 2.27. The van der Waals surface area contributed by atoms with Crippen molar-refractivity contribution >= 4 is 5.97 Å². The molecule has 1 fully saturated rings. The van der Waals surface area contributed by atoms with E-state index in [1.54, 1.807) is 0 Å². The van der Waals surface area contributed by atoms with Gasteiger partial charge in [-0.05, 0) is 12.8 Å². The minimum atomic E-state index is -0.134. The number of hydrogen-bond acceptors (Lipinski definition) is 4. The average Bonchev–Trinajstić information content (AvgIpc) is 2.25. The largest absolute Gasteiger partial charge is 0.469 e. The van der Waals surface area contributed by atoms with Crippen molar-refractivity contribution < 1.29 is 19.0 Å². The van der Waals surface area contributed by atoms with E-state index in [1.807, 2.05) is 0 Å². The molecule has 0 spiro atoms. The van der Waals surface area contributed by atoms with Crippen LogP contribution in [0.15, 0.2) is 0 Å². The molecule has 0 aromatic rings. The zero-order valence-electron chi connectivity index (χ0n) is 8.66. The standard InChI is InChI=1S/C10H18O4/c1-12-10(11)5-3-2-4-9-8-13-6-7-14-9/h9H,2-8H2,1H3. The molecule has 0 aromatic carbocycles. The third-order valence-corrected chi connectivity index (χ3v) is 2.27. The van der Waals surface area contributed by atoms with Gasteiger partial charge >= 0.3 is 5.97 Å². The lowest BCUT2D eigenvalue weighted by molar-refractivity contribution is -0.140. The highest BCUT2D eigenvalue weighted by atomic mass is 16.6. The van der Waals surface area contributed by atoms with Gasteiger partial charge < -0.3 is 14.2 Å². The van der Waals surface area contributed by atoms with Crippen LogP contribution in [0.5, 0.6) is 0 Å². The fraction of sp³-hybridized carbons (Fsp3) is 0.900. The van der Waals surface area contributed by atoms with Crippen molar-refractivity contribution in [3.05, 3.63) is 0 Å². The van der Waals surface area contributed by atoms with Crippen LogP contribution in [0.3, 0.4) is 0 Å². The van der Waals surface area contributed by atoms with Crippen molar-refractivity contribution in [1.29, 1.82) is 0 Å². The molecular weight excluding hydrogens is 184 g/mol. The van der Waals surface area contributed by atoms with Crippen LogP contribution in [0.1, 0.15) is 25.7 Å². The molecule has 1 aliphatic rings. The van der Waals surface area contributed by atoms with Crippen LogP contribution in [0, 0.1) is 0 Å². The van der Waals surface area contributed by atoms with Gasteiger partial charge in [0.15, 0.2) is 0 Å². The molecule has 82 valence electrons. The molecule has 0 bridgehead atoms. The van der Waals surface area contributed by atoms with E-state index in [0.29, 0.717) is 26.2 Å². The van der Waals surface area contributed by atoms with E-state index in [2.05, 4.69) is 4.74 Å². The van der Waals surface area contributed by atoms with Crippen molar-refractivity contribution in [2.45, 2.75) is 31.8 Å². The summed E-state index contributed by atoms with van der Waals surface area (Å²) < 4.78 is 15.3. The first-order chi connectivity index (χ1) is 6.83. The SMILES string of the molecule is COC(=O)CCCCC1COCCO1. The Balaban J connectivity index is 1.94. The third kappa shape index (κ3) is 4.58. The molecule has 1 atom stereocenters. The highest BCUT2D eigenvalue weighted by Gasteiger charge is 2.13. The second kappa shape index (κ2) is 6.79. The monoisotopic (exact) mass is 202 g/mol. The summed E-state index contributed by atoms with van der Waals surface area (Å²) in [5.74, 6) is -0.134. The molecule has 1 saturated heterocycles. The molecule has 4 nitrogen and oxygen atoms in total. The van der Waals surface area contributed by atoms with Crippen molar-refractivity contribution in [1.82, 2.24) is 0 Å². The van der Waals surface area contributed by atoms with Gasteiger partial charge in [-0.3, -0.25) is 4.79 Å². The number of carbonyl (C=O) groups is 1. The molecule has 0 aromatic heterocycles. The number of rotatable bonds is 5. The summed E-state index contributed by atoms with van der Waals surface area (Å²) in [6.45, 7) is 2.10. The lowest BCUT2D eigenvalue weighted by Crippen LogP contribution is -2.28. The van der Waals surface area contributed by atoms with Crippen LogP contribution in [-0.2, 0) is 19.0 Å². The summed E-state index contributed by atoms with van der Waals surface area (Å²) in [5, 5.41) is 0. The maximum Gasteiger partial charge on any atom is 0.305 e. The highest BCUT2D eigenvalue weighted by molar-refractivity contribution is 5.68. The Kier molecular flexibility index (Phi) is 5.56. The van der Waals surface area contributed by atoms with Gasteiger partial charge in [0.2, 0.25) is 0 Å². The molecular formula is C10H18O4. The number of esters is 1. The summed E-state index contributed by atoms with van der Waals surface area (Å²) >= 11 is 0. The molecule has 14 heavy (non-hydrogen) atoms. The topological polar surface area (TPSA) is 44.8 Å². The van der Waals surface area contributed by atoms with Crippen LogP contribution in [0.4, 0.5) is 0 Å². The maximum atomic E-state index is 10.8. The van der Waals surface area contributed by atoms with Crippen LogP contribution in [0.2, 0.25) is 0 Å². The zero-order valence-corrected chi connectivity index (χ0v) is 8.66. The lowest BCUT2D eigenvalue weighted by Gasteiger charge is -2.22. The van der Waals surface area contributed by atoms with Crippen molar-refractivity contribution in [3.63, 3.8) is 0 Å². The summed E-state index contributed by atoms with van der Waals surface area (Å²) in [7, 11) is 1.42. The van der Waals surface area contributed by atoms with Crippen molar-refractivity contribution in [2.24, 2.45) is 0 Å². The number of ether oxygens (including phenoxy) is 3. The van der Waals surface area contributed by atoms with E-state index in [1.165, 1.54) is 7.11 Å². The zero-order chi connectivity index (χ0) is 10.2. The molecule has 1 unspecified atom stereocenters. The van der Waals surface area contributed by atoms with Gasteiger partial charge in [-0.15, -0.1) is 0 Å². The summed E-state index contributed by atoms with van der Waals surface area (Å²) in [6, 6.07) is 0. The predicted octanol–water partition coefficient (Wildman–Crippen LogP) is 1.14. The fourth-order valence-corrected chi connectivity index (χ4v) is 1.45. The first kappa shape index (κ1) is 11.5. The normalized spacial score (nSPS) is 21.9. The number of hydrogen-bond donors (Lipinski definition) is 0. The molecule has 0 N–H and O–H groups in total. The summed E-state index contributed by atoms with van der Waals surface area (Å²) in [6.07, 6.45) is 3.55. The van der Waals surface area contributed by atoms with E-state index >= 15 is 0 Å². The van der Waals surface area contributed by atoms with Crippen LogP contribution < -0.4 is 0 Å². The minimum Gasteiger partial charge on any atom is -0.469 e. The van der Waals surface area contributed by atoms with E-state index in [-0.39, 0.29) is 12.1 Å². The van der Waals surface area contributed by atoms with Crippen LogP contribution in [0.25, 0.3) is 0 Å². The molecule has 0 aliphatic carbocycles. The van der Waals surface area contributed by atoms with E-state index in [0.717, 1.165) is 19.3 Å². The molecule has 1 aliphatic heterocycles. The quantitative estimate of drug-likeness (QED) is 0.495. The first-order valence-corrected chi connectivity index (χ1v) is 5.09. The van der Waals surface area contributed by atoms with Crippen LogP contribution in [-0.4, -0.2) is 39.0 Å². The Hall–Kier alpha value is -0.610. The Morgan fingerprint density at radius 2 is 2.29 bits per heavy atom. The predicted molar refractivity (Wildman–Crippen MR) is 51.0 cm³/mol. The van der Waals surface area contributed by atoms with Crippen molar-refractivity contribution in [2.75, 3.05) is 26.9 Å². The van der Waals surface area contributed by atoms with Gasteiger partial charge in [-0.2, -0.15) is 0 Å². The van der Waals surface area contributed by atoms with Gasteiger partial charge in [-0.1, -0.05) is 6.42 Å². The molecule has 0 amide bonds. The van der Waals surface area contributed by atoms with Crippen molar-refractivity contribution in [3.8, 4) is 0 Å². The molecule has 4 heteroatoms. The minimum absolute atomic E-state index is 0.134. The van der Waals surface area contributed by atoms with Gasteiger partial charge in [0, 0.05) is 6.42 Å². The van der Waals surface area contributed by atoms with Gasteiger partial charge in [0.1, 0.15) is 0 Å². The highest BCUT2D eigenvalue weighted by Crippen LogP contribution is 2.10. The smallest absolute Gasteiger partial charge is 0.305 e. The first-order valence-electron chi connectivity index (χ1n) is 5.09. The lowest BCUT2D eigenvalue weighted by atomic mass is 10.1. The number of unbranched alkanes of at least 4 members (excludes halogenated alkanes) is 1. The van der Waals surface area contributed by atoms with E-state index in [9.17, 15) is 4.79 Å². The molecule has 1 heterocycles. The number of methoxy groups -OCH3 is 1. The second-order valence-corrected chi connectivity index (χ2v) is 3.39. The van der Waals surface area contributed by atoms with Gasteiger partial charge in [0.25, 0.3) is 0 Å². The van der Waals surface area contributed by atoms with Gasteiger partial charge in [-0.25, -0.2) is 0 Å². The Bertz CT molecular complexity index is 164. The molecule has 0 saturated carbocycles. The Morgan fingerprint density at radius 1 is 1.43 bits per heavy atom.